The van der Waals surface area contributed by atoms with Crippen LogP contribution in [0.15, 0.2) is 18.2 Å². The standard InChI is InChI=1S/C15H25N.C15H20.C2H6/c1-10(2)13-8-12(5)9-14(11(3)4)15(13)16(6)7;1-10(2)15-13-7-3-5-11(13)9-12-6-4-8-14(12)15;1-2/h8-11H,1-7H3;9-10H,3-8H2,1-2H3;1-2H3. The number of aryl methyl sites for hydroxylation is 3. The number of hydrogen-bond acceptors (Lipinski definition) is 1. The second kappa shape index (κ2) is 12.1. The van der Waals surface area contributed by atoms with Crippen molar-refractivity contribution in [1.82, 2.24) is 0 Å². The van der Waals surface area contributed by atoms with Crippen molar-refractivity contribution in [3.63, 3.8) is 0 Å². The molecule has 0 aliphatic heterocycles. The molecule has 0 heterocycles. The van der Waals surface area contributed by atoms with E-state index < -0.39 is 0 Å². The molecule has 0 atom stereocenters. The van der Waals surface area contributed by atoms with Crippen molar-refractivity contribution < 1.29 is 0 Å². The molecular formula is C32H51N. The van der Waals surface area contributed by atoms with Gasteiger partial charge in [0.1, 0.15) is 0 Å². The average molecular weight is 450 g/mol. The third-order valence-electron chi connectivity index (χ3n) is 7.10. The Balaban J connectivity index is 0.000000217. The van der Waals surface area contributed by atoms with Crippen LogP contribution < -0.4 is 4.90 Å². The van der Waals surface area contributed by atoms with Crippen molar-refractivity contribution in [2.45, 2.75) is 119 Å². The van der Waals surface area contributed by atoms with Crippen LogP contribution in [0, 0.1) is 6.92 Å². The molecule has 0 bridgehead atoms. The van der Waals surface area contributed by atoms with Gasteiger partial charge in [-0.15, -0.1) is 0 Å². The Labute approximate surface area is 206 Å². The van der Waals surface area contributed by atoms with Crippen LogP contribution in [0.25, 0.3) is 0 Å². The number of benzene rings is 2. The first-order chi connectivity index (χ1) is 15.6. The van der Waals surface area contributed by atoms with Crippen LogP contribution in [-0.2, 0) is 25.7 Å². The Bertz CT molecular complexity index is 853. The molecule has 0 radical (unpaired) electrons. The molecule has 2 aliphatic carbocycles. The minimum atomic E-state index is 0.579. The van der Waals surface area contributed by atoms with Gasteiger partial charge in [0.15, 0.2) is 0 Å². The molecule has 0 fully saturated rings. The molecule has 4 rings (SSSR count). The van der Waals surface area contributed by atoms with Crippen LogP contribution in [0.2, 0.25) is 0 Å². The molecule has 0 aromatic heterocycles. The maximum atomic E-state index is 2.52. The van der Waals surface area contributed by atoms with Gasteiger partial charge in [-0.05, 0) is 102 Å². The van der Waals surface area contributed by atoms with E-state index in [9.17, 15) is 0 Å². The van der Waals surface area contributed by atoms with E-state index in [1.807, 2.05) is 13.8 Å². The van der Waals surface area contributed by atoms with E-state index >= 15 is 0 Å². The van der Waals surface area contributed by atoms with E-state index in [2.05, 4.69) is 85.7 Å². The highest BCUT2D eigenvalue weighted by molar-refractivity contribution is 5.62. The average Bonchev–Trinajstić information content (AvgIpc) is 3.41. The van der Waals surface area contributed by atoms with Crippen molar-refractivity contribution in [2.75, 3.05) is 19.0 Å². The normalized spacial score (nSPS) is 14.0. The summed E-state index contributed by atoms with van der Waals surface area (Å²) in [6, 6.07) is 7.17. The topological polar surface area (TPSA) is 3.24 Å². The maximum absolute atomic E-state index is 2.52. The smallest absolute Gasteiger partial charge is 0.0431 e. The van der Waals surface area contributed by atoms with E-state index in [-0.39, 0.29) is 0 Å². The van der Waals surface area contributed by atoms with Gasteiger partial charge in [-0.3, -0.25) is 0 Å². The largest absolute Gasteiger partial charge is 0.377 e. The van der Waals surface area contributed by atoms with Crippen LogP contribution >= 0.6 is 0 Å². The second-order valence-electron chi connectivity index (χ2n) is 10.9. The Morgan fingerprint density at radius 3 is 1.39 bits per heavy atom. The van der Waals surface area contributed by atoms with Gasteiger partial charge in [-0.1, -0.05) is 79.2 Å². The lowest BCUT2D eigenvalue weighted by Crippen LogP contribution is -2.15. The molecule has 1 nitrogen and oxygen atoms in total. The molecule has 33 heavy (non-hydrogen) atoms. The molecule has 184 valence electrons. The molecule has 0 unspecified atom stereocenters. The first-order valence-electron chi connectivity index (χ1n) is 13.6. The van der Waals surface area contributed by atoms with Crippen LogP contribution in [0.3, 0.4) is 0 Å². The summed E-state index contributed by atoms with van der Waals surface area (Å²) in [5.41, 5.74) is 14.3. The fourth-order valence-electron chi connectivity index (χ4n) is 5.79. The number of rotatable bonds is 4. The molecule has 2 aliphatic rings. The van der Waals surface area contributed by atoms with Crippen LogP contribution in [-0.4, -0.2) is 14.1 Å². The van der Waals surface area contributed by atoms with Gasteiger partial charge in [0.25, 0.3) is 0 Å². The minimum Gasteiger partial charge on any atom is -0.377 e. The molecule has 0 saturated heterocycles. The van der Waals surface area contributed by atoms with Crippen LogP contribution in [0.1, 0.15) is 130 Å². The number of nitrogens with zero attached hydrogens (tertiary/aromatic N) is 1. The van der Waals surface area contributed by atoms with Gasteiger partial charge in [0.2, 0.25) is 0 Å². The predicted octanol–water partition coefficient (Wildman–Crippen LogP) is 9.12. The van der Waals surface area contributed by atoms with Crippen molar-refractivity contribution in [3.8, 4) is 0 Å². The summed E-state index contributed by atoms with van der Waals surface area (Å²) in [7, 11) is 4.28. The van der Waals surface area contributed by atoms with Gasteiger partial charge in [-0.25, -0.2) is 0 Å². The summed E-state index contributed by atoms with van der Waals surface area (Å²) >= 11 is 0. The van der Waals surface area contributed by atoms with E-state index in [0.717, 1.165) is 5.92 Å². The first kappa shape index (κ1) is 27.5. The number of fused-ring (bicyclic) bond motifs is 2. The highest BCUT2D eigenvalue weighted by Gasteiger charge is 2.24. The molecule has 2 aromatic rings. The summed E-state index contributed by atoms with van der Waals surface area (Å²) in [6.07, 6.45) is 8.13. The summed E-state index contributed by atoms with van der Waals surface area (Å²) in [5.74, 6) is 1.88. The van der Waals surface area contributed by atoms with Crippen molar-refractivity contribution >= 4 is 5.69 Å². The van der Waals surface area contributed by atoms with E-state index in [4.69, 9.17) is 0 Å². The lowest BCUT2D eigenvalue weighted by molar-refractivity contribution is 0.816. The SMILES string of the molecule is CC.CC(C)c1c2c(cc3c1CCC3)CCC2.Cc1cc(C(C)C)c(N(C)C)c(C(C)C)c1. The molecule has 0 spiro atoms. The van der Waals surface area contributed by atoms with Gasteiger partial charge in [0.05, 0.1) is 0 Å². The lowest BCUT2D eigenvalue weighted by Gasteiger charge is -2.26. The number of hydrogen-bond donors (Lipinski definition) is 0. The van der Waals surface area contributed by atoms with E-state index in [1.54, 1.807) is 27.8 Å². The summed E-state index contributed by atoms with van der Waals surface area (Å²) in [4.78, 5) is 2.25. The number of anilines is 1. The van der Waals surface area contributed by atoms with Crippen molar-refractivity contribution in [2.24, 2.45) is 0 Å². The highest BCUT2D eigenvalue weighted by atomic mass is 15.1. The Morgan fingerprint density at radius 1 is 0.636 bits per heavy atom. The van der Waals surface area contributed by atoms with Crippen LogP contribution in [0.4, 0.5) is 5.69 Å². The molecule has 0 N–H and O–H groups in total. The van der Waals surface area contributed by atoms with Gasteiger partial charge in [-0.2, -0.15) is 0 Å². The predicted molar refractivity (Wildman–Crippen MR) is 150 cm³/mol. The zero-order valence-corrected chi connectivity index (χ0v) is 23.7. The van der Waals surface area contributed by atoms with Gasteiger partial charge >= 0.3 is 0 Å². The quantitative estimate of drug-likeness (QED) is 0.450. The first-order valence-corrected chi connectivity index (χ1v) is 13.6. The second-order valence-corrected chi connectivity index (χ2v) is 10.9. The molecule has 0 saturated carbocycles. The highest BCUT2D eigenvalue weighted by Crippen LogP contribution is 2.38. The van der Waals surface area contributed by atoms with Gasteiger partial charge < -0.3 is 4.90 Å². The zero-order valence-electron chi connectivity index (χ0n) is 23.7. The third kappa shape index (κ3) is 6.23. The summed E-state index contributed by atoms with van der Waals surface area (Å²) in [6.45, 7) is 20.0. The van der Waals surface area contributed by atoms with Gasteiger partial charge in [0, 0.05) is 19.8 Å². The Morgan fingerprint density at radius 2 is 1.06 bits per heavy atom. The zero-order chi connectivity index (χ0) is 24.9. The van der Waals surface area contributed by atoms with Crippen LogP contribution in [0.5, 0.6) is 0 Å². The van der Waals surface area contributed by atoms with Crippen molar-refractivity contribution in [3.05, 3.63) is 62.7 Å². The van der Waals surface area contributed by atoms with E-state index in [0.29, 0.717) is 11.8 Å². The third-order valence-corrected chi connectivity index (χ3v) is 7.10. The maximum Gasteiger partial charge on any atom is 0.0431 e. The molecule has 2 aromatic carbocycles. The summed E-state index contributed by atoms with van der Waals surface area (Å²) in [5, 5.41) is 0. The van der Waals surface area contributed by atoms with E-state index in [1.165, 1.54) is 60.9 Å². The monoisotopic (exact) mass is 449 g/mol. The summed E-state index contributed by atoms with van der Waals surface area (Å²) < 4.78 is 0. The molecular weight excluding hydrogens is 398 g/mol. The molecule has 0 amide bonds. The minimum absolute atomic E-state index is 0.579. The van der Waals surface area contributed by atoms with Crippen molar-refractivity contribution in [1.29, 1.82) is 0 Å². The lowest BCUT2D eigenvalue weighted by atomic mass is 9.87. The Hall–Kier alpha value is -1.76. The molecule has 1 heteroatoms. The Kier molecular flexibility index (Phi) is 10.1. The fourth-order valence-corrected chi connectivity index (χ4v) is 5.79. The fraction of sp³-hybridized carbons (Fsp3) is 0.625.